The van der Waals surface area contributed by atoms with Crippen LogP contribution in [-0.4, -0.2) is 9.78 Å². The number of rotatable bonds is 3. The zero-order valence-electron chi connectivity index (χ0n) is 8.65. The first-order chi connectivity index (χ1) is 7.35. The highest BCUT2D eigenvalue weighted by molar-refractivity contribution is 7.18. The molecular weight excluding hydrogens is 228 g/mol. The van der Waals surface area contributed by atoms with Crippen molar-refractivity contribution in [3.05, 3.63) is 6.20 Å². The number of hydrogen-bond acceptors (Lipinski definition) is 3. The van der Waals surface area contributed by atoms with E-state index < -0.39 is 0 Å². The van der Waals surface area contributed by atoms with Crippen LogP contribution in [0.25, 0.3) is 0 Å². The van der Waals surface area contributed by atoms with Crippen LogP contribution in [0.3, 0.4) is 0 Å². The molecule has 1 heterocycles. The Hall–Kier alpha value is -0.330. The summed E-state index contributed by atoms with van der Waals surface area (Å²) in [5.74, 6) is 0.639. The lowest BCUT2D eigenvalue weighted by Gasteiger charge is -2.21. The van der Waals surface area contributed by atoms with Crippen LogP contribution in [0.4, 0.5) is 5.69 Å². The predicted molar refractivity (Wildman–Crippen MR) is 68.0 cm³/mol. The van der Waals surface area contributed by atoms with Gasteiger partial charge < -0.3 is 9.61 Å². The van der Waals surface area contributed by atoms with Crippen LogP contribution in [0, 0.1) is 0 Å². The zero-order valence-corrected chi connectivity index (χ0v) is 11.0. The highest BCUT2D eigenvalue weighted by atomic mass is 31.0. The molecule has 0 bridgehead atoms. The van der Waals surface area contributed by atoms with Crippen molar-refractivity contribution >= 4 is 24.5 Å². The van der Waals surface area contributed by atoms with E-state index in [0.29, 0.717) is 11.9 Å². The van der Waals surface area contributed by atoms with Gasteiger partial charge >= 0.3 is 0 Å². The molecule has 1 saturated carbocycles. The summed E-state index contributed by atoms with van der Waals surface area (Å²) in [6.07, 6.45) is 8.46. The monoisotopic (exact) mass is 245 g/mol. The summed E-state index contributed by atoms with van der Waals surface area (Å²) in [5.41, 5.74) is 0.917. The van der Waals surface area contributed by atoms with Crippen LogP contribution >= 0.6 is 18.9 Å². The minimum absolute atomic E-state index is 0.546. The van der Waals surface area contributed by atoms with Gasteiger partial charge in [0.05, 0.1) is 21.7 Å². The second-order valence-corrected chi connectivity index (χ2v) is 4.41. The molecule has 1 aliphatic carbocycles. The molecule has 4 nitrogen and oxygen atoms in total. The van der Waals surface area contributed by atoms with Crippen molar-refractivity contribution in [2.75, 3.05) is 5.09 Å². The van der Waals surface area contributed by atoms with Crippen LogP contribution < -0.4 is 9.61 Å². The molecule has 15 heavy (non-hydrogen) atoms. The molecular formula is C9H17N3OP2. The third-order valence-electron chi connectivity index (χ3n) is 2.91. The standard InChI is InChI=1S/C9H17N3OP2/c14-11-8-6-12(10-9(8)13-15)7-4-2-1-3-5-7/h6-7,11H,1-5,14-15H2. The second kappa shape index (κ2) is 5.14. The van der Waals surface area contributed by atoms with Crippen LogP contribution in [-0.2, 0) is 0 Å². The molecule has 2 atom stereocenters. The average molecular weight is 245 g/mol. The van der Waals surface area contributed by atoms with Crippen LogP contribution in [0.15, 0.2) is 6.20 Å². The van der Waals surface area contributed by atoms with Crippen molar-refractivity contribution in [1.29, 1.82) is 0 Å². The van der Waals surface area contributed by atoms with Crippen LogP contribution in [0.1, 0.15) is 38.1 Å². The van der Waals surface area contributed by atoms with Gasteiger partial charge in [0, 0.05) is 0 Å². The fraction of sp³-hybridized carbons (Fsp3) is 0.667. The molecule has 2 unspecified atom stereocenters. The van der Waals surface area contributed by atoms with Gasteiger partial charge in [-0.15, -0.1) is 5.10 Å². The van der Waals surface area contributed by atoms with E-state index >= 15 is 0 Å². The Balaban J connectivity index is 2.16. The first-order valence-corrected chi connectivity index (χ1v) is 6.32. The Morgan fingerprint density at radius 3 is 2.67 bits per heavy atom. The Morgan fingerprint density at radius 2 is 2.13 bits per heavy atom. The van der Waals surface area contributed by atoms with Crippen molar-refractivity contribution in [2.45, 2.75) is 38.1 Å². The summed E-state index contributed by atoms with van der Waals surface area (Å²) in [5, 5.41) is 7.42. The van der Waals surface area contributed by atoms with Crippen LogP contribution in [0.2, 0.25) is 0 Å². The normalized spacial score (nSPS) is 17.7. The smallest absolute Gasteiger partial charge is 0.258 e. The van der Waals surface area contributed by atoms with E-state index in [1.807, 2.05) is 10.9 Å². The van der Waals surface area contributed by atoms with Crippen molar-refractivity contribution in [1.82, 2.24) is 9.78 Å². The summed E-state index contributed by atoms with van der Waals surface area (Å²) in [6, 6.07) is 0.546. The van der Waals surface area contributed by atoms with Crippen molar-refractivity contribution < 1.29 is 4.52 Å². The van der Waals surface area contributed by atoms with Gasteiger partial charge in [-0.1, -0.05) is 19.3 Å². The minimum Gasteiger partial charge on any atom is -0.461 e. The number of anilines is 1. The molecule has 84 valence electrons. The highest BCUT2D eigenvalue weighted by Gasteiger charge is 2.18. The maximum atomic E-state index is 5.12. The summed E-state index contributed by atoms with van der Waals surface area (Å²) in [4.78, 5) is 0. The van der Waals surface area contributed by atoms with Crippen molar-refractivity contribution in [3.63, 3.8) is 0 Å². The SMILES string of the molecule is PNc1cn(C2CCCCC2)nc1OP. The average Bonchev–Trinajstić information content (AvgIpc) is 2.73. The van der Waals surface area contributed by atoms with Gasteiger partial charge in [-0.3, -0.25) is 4.68 Å². The third kappa shape index (κ3) is 2.43. The molecule has 0 aliphatic heterocycles. The first kappa shape index (κ1) is 11.2. The molecule has 1 aromatic heterocycles. The Kier molecular flexibility index (Phi) is 3.82. The predicted octanol–water partition coefficient (Wildman–Crippen LogP) is 2.76. The summed E-state index contributed by atoms with van der Waals surface area (Å²) < 4.78 is 7.15. The number of nitrogens with one attached hydrogen (secondary N) is 1. The maximum absolute atomic E-state index is 5.12. The Bertz CT molecular complexity index is 302. The quantitative estimate of drug-likeness (QED) is 0.832. The largest absolute Gasteiger partial charge is 0.461 e. The molecule has 1 N–H and O–H groups in total. The Morgan fingerprint density at radius 1 is 1.40 bits per heavy atom. The van der Waals surface area contributed by atoms with E-state index in [2.05, 4.69) is 29.0 Å². The van der Waals surface area contributed by atoms with Crippen molar-refractivity contribution in [2.24, 2.45) is 0 Å². The maximum Gasteiger partial charge on any atom is 0.258 e. The lowest BCUT2D eigenvalue weighted by Crippen LogP contribution is -2.13. The van der Waals surface area contributed by atoms with Gasteiger partial charge in [-0.25, -0.2) is 0 Å². The molecule has 0 spiro atoms. The summed E-state index contributed by atoms with van der Waals surface area (Å²) in [7, 11) is 4.70. The van der Waals surface area contributed by atoms with E-state index in [1.165, 1.54) is 32.1 Å². The van der Waals surface area contributed by atoms with Gasteiger partial charge in [-0.05, 0) is 22.2 Å². The molecule has 2 rings (SSSR count). The molecule has 0 amide bonds. The fourth-order valence-corrected chi connectivity index (χ4v) is 2.47. The third-order valence-corrected chi connectivity index (χ3v) is 3.45. The number of aromatic nitrogens is 2. The fourth-order valence-electron chi connectivity index (χ4n) is 2.09. The molecule has 1 aromatic rings. The van der Waals surface area contributed by atoms with E-state index in [4.69, 9.17) is 4.52 Å². The van der Waals surface area contributed by atoms with E-state index in [0.717, 1.165) is 5.69 Å². The van der Waals surface area contributed by atoms with Gasteiger partial charge in [-0.2, -0.15) is 0 Å². The summed E-state index contributed by atoms with van der Waals surface area (Å²) in [6.45, 7) is 0. The van der Waals surface area contributed by atoms with Gasteiger partial charge in [0.1, 0.15) is 5.69 Å². The molecule has 0 saturated heterocycles. The zero-order chi connectivity index (χ0) is 10.7. The first-order valence-electron chi connectivity index (χ1n) is 5.27. The minimum atomic E-state index is 0.546. The van der Waals surface area contributed by atoms with Gasteiger partial charge in [0.25, 0.3) is 5.88 Å². The summed E-state index contributed by atoms with van der Waals surface area (Å²) >= 11 is 0. The van der Waals surface area contributed by atoms with E-state index in [9.17, 15) is 0 Å². The lowest BCUT2D eigenvalue weighted by molar-refractivity contribution is 0.326. The van der Waals surface area contributed by atoms with E-state index in [-0.39, 0.29) is 0 Å². The molecule has 6 heteroatoms. The topological polar surface area (TPSA) is 39.1 Å². The van der Waals surface area contributed by atoms with E-state index in [1.54, 1.807) is 0 Å². The van der Waals surface area contributed by atoms with Gasteiger partial charge in [0.15, 0.2) is 0 Å². The van der Waals surface area contributed by atoms with Crippen LogP contribution in [0.5, 0.6) is 5.88 Å². The number of nitrogens with zero attached hydrogens (tertiary/aromatic N) is 2. The second-order valence-electron chi connectivity index (χ2n) is 3.88. The molecule has 0 aromatic carbocycles. The van der Waals surface area contributed by atoms with Crippen molar-refractivity contribution in [3.8, 4) is 5.88 Å². The molecule has 1 fully saturated rings. The highest BCUT2D eigenvalue weighted by Crippen LogP contribution is 2.32. The molecule has 0 radical (unpaired) electrons. The lowest BCUT2D eigenvalue weighted by atomic mass is 9.96. The van der Waals surface area contributed by atoms with Gasteiger partial charge in [0.2, 0.25) is 0 Å². The molecule has 1 aliphatic rings. The Labute approximate surface area is 94.7 Å². The number of hydrogen-bond donors (Lipinski definition) is 1.